The molecule has 1 aromatic carbocycles. The zero-order chi connectivity index (χ0) is 19.3. The molecule has 1 atom stereocenters. The first-order chi connectivity index (χ1) is 13.7. The summed E-state index contributed by atoms with van der Waals surface area (Å²) < 4.78 is 1.42. The summed E-state index contributed by atoms with van der Waals surface area (Å²) in [5, 5.41) is 17.4. The third-order valence-electron chi connectivity index (χ3n) is 5.22. The minimum Gasteiger partial charge on any atom is -0.493 e. The lowest BCUT2D eigenvalue weighted by Crippen LogP contribution is -2.34. The van der Waals surface area contributed by atoms with Gasteiger partial charge in [-0.25, -0.2) is 9.67 Å². The molecular formula is C21H22N5O2. The topological polar surface area (TPSA) is 92.9 Å². The van der Waals surface area contributed by atoms with Crippen molar-refractivity contribution in [1.29, 1.82) is 0 Å². The van der Waals surface area contributed by atoms with Crippen molar-refractivity contribution in [3.8, 4) is 11.8 Å². The first-order valence-electron chi connectivity index (χ1n) is 9.55. The molecule has 7 nitrogen and oxygen atoms in total. The summed E-state index contributed by atoms with van der Waals surface area (Å²) in [6, 6.07) is 12.3. The molecule has 28 heavy (non-hydrogen) atoms. The van der Waals surface area contributed by atoms with Crippen molar-refractivity contribution in [2.75, 3.05) is 0 Å². The third kappa shape index (κ3) is 3.88. The smallest absolute Gasteiger partial charge is 0.258 e. The fourth-order valence-corrected chi connectivity index (χ4v) is 3.79. The molecule has 3 aromatic rings. The molecule has 7 heteroatoms. The number of hydrogen-bond donors (Lipinski definition) is 2. The summed E-state index contributed by atoms with van der Waals surface area (Å²) in [5.41, 5.74) is 1.10. The lowest BCUT2D eigenvalue weighted by Gasteiger charge is -2.31. The highest BCUT2D eigenvalue weighted by atomic mass is 16.3. The minimum absolute atomic E-state index is 0.0548. The number of carbonyl (C=O) groups excluding carboxylic acids is 1. The van der Waals surface area contributed by atoms with Crippen LogP contribution in [0, 0.1) is 12.0 Å². The number of aromatic hydroxyl groups is 1. The van der Waals surface area contributed by atoms with E-state index in [4.69, 9.17) is 0 Å². The molecule has 1 aliphatic rings. The number of hydrogen-bond acceptors (Lipinski definition) is 5. The van der Waals surface area contributed by atoms with Gasteiger partial charge in [0.25, 0.3) is 11.9 Å². The molecule has 2 heterocycles. The first-order valence-corrected chi connectivity index (χ1v) is 9.55. The van der Waals surface area contributed by atoms with E-state index >= 15 is 0 Å². The molecule has 0 aliphatic heterocycles. The Kier molecular flexibility index (Phi) is 5.32. The lowest BCUT2D eigenvalue weighted by atomic mass is 9.81. The molecule has 1 fully saturated rings. The van der Waals surface area contributed by atoms with Crippen LogP contribution in [0.15, 0.2) is 48.9 Å². The molecule has 4 rings (SSSR count). The van der Waals surface area contributed by atoms with E-state index in [2.05, 4.69) is 26.4 Å². The summed E-state index contributed by atoms with van der Waals surface area (Å²) in [6.07, 6.45) is 10.3. The second kappa shape index (κ2) is 8.21. The number of amides is 1. The van der Waals surface area contributed by atoms with Crippen molar-refractivity contribution < 1.29 is 9.90 Å². The molecule has 0 unspecified atom stereocenters. The van der Waals surface area contributed by atoms with Gasteiger partial charge in [-0.3, -0.25) is 4.79 Å². The van der Waals surface area contributed by atoms with Crippen LogP contribution in [0.3, 0.4) is 0 Å². The fourth-order valence-electron chi connectivity index (χ4n) is 3.79. The molecule has 1 aliphatic carbocycles. The van der Waals surface area contributed by atoms with Crippen LogP contribution >= 0.6 is 0 Å². The maximum absolute atomic E-state index is 12.9. The Morgan fingerprint density at radius 2 is 2.04 bits per heavy atom. The summed E-state index contributed by atoms with van der Waals surface area (Å²) in [4.78, 5) is 21.1. The van der Waals surface area contributed by atoms with E-state index in [0.717, 1.165) is 18.4 Å². The highest BCUT2D eigenvalue weighted by molar-refractivity contribution is 5.96. The van der Waals surface area contributed by atoms with E-state index in [1.807, 2.05) is 24.3 Å². The standard InChI is InChI=1S/C21H22N5O2/c27-19(17-14-22-21(25-20(17)28)26-13-7-12-23-26)24-18(15-8-3-1-4-9-15)16-10-5-2-6-11-16/h5-7,10-15,18H,1,3-4,8-9H2,(H,24,27)(H,22,25,28)/t18-/m1/s1. The van der Waals surface area contributed by atoms with Gasteiger partial charge < -0.3 is 10.4 Å². The van der Waals surface area contributed by atoms with Crippen molar-refractivity contribution in [2.45, 2.75) is 38.1 Å². The van der Waals surface area contributed by atoms with Crippen LogP contribution in [0.4, 0.5) is 0 Å². The van der Waals surface area contributed by atoms with Crippen molar-refractivity contribution in [1.82, 2.24) is 25.1 Å². The molecule has 0 saturated heterocycles. The summed E-state index contributed by atoms with van der Waals surface area (Å²) >= 11 is 0. The van der Waals surface area contributed by atoms with Crippen molar-refractivity contribution >= 4 is 5.91 Å². The van der Waals surface area contributed by atoms with E-state index in [-0.39, 0.29) is 29.3 Å². The maximum atomic E-state index is 12.9. The van der Waals surface area contributed by atoms with E-state index < -0.39 is 0 Å². The molecule has 1 radical (unpaired) electrons. The normalized spacial score (nSPS) is 15.9. The Morgan fingerprint density at radius 3 is 2.71 bits per heavy atom. The van der Waals surface area contributed by atoms with Gasteiger partial charge in [-0.1, -0.05) is 43.5 Å². The lowest BCUT2D eigenvalue weighted by molar-refractivity contribution is 0.0908. The van der Waals surface area contributed by atoms with Crippen LogP contribution in [-0.2, 0) is 0 Å². The van der Waals surface area contributed by atoms with Crippen LogP contribution in [-0.4, -0.2) is 30.8 Å². The third-order valence-corrected chi connectivity index (χ3v) is 5.22. The van der Waals surface area contributed by atoms with Gasteiger partial charge in [-0.2, -0.15) is 10.1 Å². The Hall–Kier alpha value is -3.22. The van der Waals surface area contributed by atoms with Crippen LogP contribution in [0.25, 0.3) is 5.95 Å². The second-order valence-electron chi connectivity index (χ2n) is 7.04. The molecule has 1 amide bonds. The number of nitrogens with zero attached hydrogens (tertiary/aromatic N) is 4. The zero-order valence-electron chi connectivity index (χ0n) is 15.5. The number of rotatable bonds is 5. The predicted octanol–water partition coefficient (Wildman–Crippen LogP) is 3.22. The van der Waals surface area contributed by atoms with Crippen LogP contribution < -0.4 is 5.32 Å². The van der Waals surface area contributed by atoms with E-state index in [1.54, 1.807) is 18.5 Å². The molecule has 0 spiro atoms. The minimum atomic E-state index is -0.382. The number of benzene rings is 1. The summed E-state index contributed by atoms with van der Waals surface area (Å²) in [5.74, 6) is -0.164. The van der Waals surface area contributed by atoms with Crippen molar-refractivity contribution in [3.63, 3.8) is 0 Å². The van der Waals surface area contributed by atoms with Gasteiger partial charge >= 0.3 is 0 Å². The Balaban J connectivity index is 1.57. The van der Waals surface area contributed by atoms with Crippen molar-refractivity contribution in [2.24, 2.45) is 5.92 Å². The van der Waals surface area contributed by atoms with E-state index in [1.165, 1.54) is 30.1 Å². The fraction of sp³-hybridized carbons (Fsp3) is 0.333. The Labute approximate surface area is 163 Å². The summed E-state index contributed by atoms with van der Waals surface area (Å²) in [7, 11) is 0. The van der Waals surface area contributed by atoms with Crippen LogP contribution in [0.5, 0.6) is 5.88 Å². The Morgan fingerprint density at radius 1 is 1.25 bits per heavy atom. The number of nitrogens with one attached hydrogen (secondary N) is 1. The molecule has 143 valence electrons. The van der Waals surface area contributed by atoms with Crippen LogP contribution in [0.2, 0.25) is 0 Å². The zero-order valence-corrected chi connectivity index (χ0v) is 15.5. The SMILES string of the molecule is O=C(N[C@@H](c1cc[c]cc1)C1CCCCC1)c1cnc(-n2cccn2)nc1O. The van der Waals surface area contributed by atoms with E-state index in [9.17, 15) is 9.90 Å². The molecule has 0 bridgehead atoms. The highest BCUT2D eigenvalue weighted by Gasteiger charge is 2.28. The van der Waals surface area contributed by atoms with E-state index in [0.29, 0.717) is 5.92 Å². The predicted molar refractivity (Wildman–Crippen MR) is 103 cm³/mol. The first kappa shape index (κ1) is 18.2. The monoisotopic (exact) mass is 376 g/mol. The van der Waals surface area contributed by atoms with Crippen LogP contribution in [0.1, 0.15) is 54.1 Å². The molecular weight excluding hydrogens is 354 g/mol. The highest BCUT2D eigenvalue weighted by Crippen LogP contribution is 2.34. The molecule has 2 aromatic heterocycles. The second-order valence-corrected chi connectivity index (χ2v) is 7.04. The van der Waals surface area contributed by atoms with Gasteiger partial charge in [0.05, 0.1) is 6.04 Å². The van der Waals surface area contributed by atoms with Crippen molar-refractivity contribution in [3.05, 3.63) is 66.1 Å². The average Bonchev–Trinajstić information content (AvgIpc) is 3.28. The molecule has 2 N–H and O–H groups in total. The number of carbonyl (C=O) groups is 1. The molecule has 1 saturated carbocycles. The van der Waals surface area contributed by atoms with Gasteiger partial charge in [-0.05, 0) is 36.5 Å². The largest absolute Gasteiger partial charge is 0.493 e. The van der Waals surface area contributed by atoms with Gasteiger partial charge in [0, 0.05) is 18.6 Å². The maximum Gasteiger partial charge on any atom is 0.258 e. The van der Waals surface area contributed by atoms with Gasteiger partial charge in [0.15, 0.2) is 0 Å². The van der Waals surface area contributed by atoms with Gasteiger partial charge in [0.2, 0.25) is 5.88 Å². The van der Waals surface area contributed by atoms with Gasteiger partial charge in [-0.15, -0.1) is 0 Å². The van der Waals surface area contributed by atoms with Gasteiger partial charge in [0.1, 0.15) is 5.56 Å². The quantitative estimate of drug-likeness (QED) is 0.713. The Bertz CT molecular complexity index is 921. The average molecular weight is 376 g/mol. The summed E-state index contributed by atoms with van der Waals surface area (Å²) in [6.45, 7) is 0. The number of aromatic nitrogens is 4.